The lowest BCUT2D eigenvalue weighted by Crippen LogP contribution is -2.27. The molecule has 2 heterocycles. The number of rotatable bonds is 3. The van der Waals surface area contributed by atoms with Crippen molar-refractivity contribution in [3.05, 3.63) is 77.4 Å². The fraction of sp³-hybridized carbons (Fsp3) is 0.217. The van der Waals surface area contributed by atoms with Crippen LogP contribution in [0.5, 0.6) is 0 Å². The van der Waals surface area contributed by atoms with Crippen LogP contribution in [0.25, 0.3) is 10.8 Å². The van der Waals surface area contributed by atoms with E-state index < -0.39 is 0 Å². The largest absolute Gasteiger partial charge is 0.347 e. The lowest BCUT2D eigenvalue weighted by atomic mass is 9.81. The van der Waals surface area contributed by atoms with Crippen LogP contribution in [0.1, 0.15) is 19.4 Å². The quantitative estimate of drug-likeness (QED) is 0.388. The third-order valence-electron chi connectivity index (χ3n) is 5.47. The molecule has 142 valence electrons. The molecule has 1 amide bonds. The Labute approximate surface area is 175 Å². The summed E-state index contributed by atoms with van der Waals surface area (Å²) in [5, 5.41) is 2.52. The summed E-state index contributed by atoms with van der Waals surface area (Å²) in [5.74, 6) is -0.0480. The summed E-state index contributed by atoms with van der Waals surface area (Å²) in [7, 11) is 2.09. The highest BCUT2D eigenvalue weighted by molar-refractivity contribution is 8.26. The van der Waals surface area contributed by atoms with Crippen LogP contribution in [0.15, 0.2) is 71.8 Å². The van der Waals surface area contributed by atoms with Crippen molar-refractivity contribution in [3.8, 4) is 0 Å². The number of nitrogens with zero attached hydrogens (tertiary/aromatic N) is 2. The number of likely N-dealkylation sites (N-methyl/N-ethyl adjacent to an activating group) is 1. The summed E-state index contributed by atoms with van der Waals surface area (Å²) >= 11 is 6.69. The van der Waals surface area contributed by atoms with Gasteiger partial charge in [-0.2, -0.15) is 0 Å². The summed E-state index contributed by atoms with van der Waals surface area (Å²) in [4.78, 5) is 17.1. The molecule has 5 heteroatoms. The standard InChI is InChI=1S/C23H22N2OS2/c1-5-14-25-21(26)18(28-22(25)27)12-13-19-23(2,3)20-16-9-7-6-8-15(16)10-11-17(20)24(19)4/h5-13H,1,14H2,2-4H3. The zero-order valence-corrected chi connectivity index (χ0v) is 17.9. The van der Waals surface area contributed by atoms with E-state index in [1.54, 1.807) is 11.0 Å². The Balaban J connectivity index is 1.77. The average Bonchev–Trinajstić information content (AvgIpc) is 3.05. The molecule has 0 saturated carbocycles. The maximum Gasteiger partial charge on any atom is 0.266 e. The Kier molecular flexibility index (Phi) is 4.68. The summed E-state index contributed by atoms with van der Waals surface area (Å²) in [5.41, 5.74) is 3.53. The number of fused-ring (bicyclic) bond motifs is 3. The molecule has 4 rings (SSSR count). The minimum absolute atomic E-state index is 0.0480. The van der Waals surface area contributed by atoms with Crippen LogP contribution in [0.2, 0.25) is 0 Å². The zero-order chi connectivity index (χ0) is 20.1. The van der Waals surface area contributed by atoms with Crippen molar-refractivity contribution in [2.24, 2.45) is 0 Å². The molecule has 2 aliphatic heterocycles. The molecule has 0 bridgehead atoms. The van der Waals surface area contributed by atoms with Gasteiger partial charge in [-0.3, -0.25) is 9.69 Å². The van der Waals surface area contributed by atoms with E-state index in [4.69, 9.17) is 12.2 Å². The Morgan fingerprint density at radius 2 is 1.93 bits per heavy atom. The minimum atomic E-state index is -0.171. The van der Waals surface area contributed by atoms with Gasteiger partial charge in [0.15, 0.2) is 0 Å². The van der Waals surface area contributed by atoms with E-state index >= 15 is 0 Å². The molecule has 0 spiro atoms. The van der Waals surface area contributed by atoms with Crippen molar-refractivity contribution in [2.45, 2.75) is 19.3 Å². The number of hydrogen-bond donors (Lipinski definition) is 0. The van der Waals surface area contributed by atoms with Crippen molar-refractivity contribution in [3.63, 3.8) is 0 Å². The number of thioether (sulfide) groups is 1. The predicted molar refractivity (Wildman–Crippen MR) is 124 cm³/mol. The monoisotopic (exact) mass is 406 g/mol. The number of thiocarbonyl (C=S) groups is 1. The summed E-state index contributed by atoms with van der Waals surface area (Å²) in [6.45, 7) is 8.63. The second kappa shape index (κ2) is 6.90. The molecular formula is C23H22N2OS2. The Bertz CT molecular complexity index is 1080. The van der Waals surface area contributed by atoms with Crippen molar-refractivity contribution in [1.82, 2.24) is 4.90 Å². The lowest BCUT2D eigenvalue weighted by Gasteiger charge is -2.24. The number of carbonyl (C=O) groups excluding carboxylic acids is 1. The van der Waals surface area contributed by atoms with Gasteiger partial charge in [0.1, 0.15) is 4.32 Å². The number of hydrogen-bond acceptors (Lipinski definition) is 4. The molecular weight excluding hydrogens is 384 g/mol. The van der Waals surface area contributed by atoms with Crippen LogP contribution in [-0.4, -0.2) is 28.7 Å². The van der Waals surface area contributed by atoms with Gasteiger partial charge in [0.2, 0.25) is 0 Å². The van der Waals surface area contributed by atoms with Crippen LogP contribution in [0.4, 0.5) is 5.69 Å². The molecule has 0 N–H and O–H groups in total. The predicted octanol–water partition coefficient (Wildman–Crippen LogP) is 5.38. The summed E-state index contributed by atoms with van der Waals surface area (Å²) in [6.07, 6.45) is 5.67. The fourth-order valence-corrected chi connectivity index (χ4v) is 5.36. The van der Waals surface area contributed by atoms with Crippen LogP contribution in [0, 0.1) is 0 Å². The van der Waals surface area contributed by atoms with Gasteiger partial charge < -0.3 is 4.90 Å². The highest BCUT2D eigenvalue weighted by Crippen LogP contribution is 2.50. The van der Waals surface area contributed by atoms with Gasteiger partial charge in [-0.25, -0.2) is 0 Å². The first-order valence-corrected chi connectivity index (χ1v) is 10.4. The highest BCUT2D eigenvalue weighted by Gasteiger charge is 2.39. The van der Waals surface area contributed by atoms with Crippen molar-refractivity contribution < 1.29 is 4.79 Å². The lowest BCUT2D eigenvalue weighted by molar-refractivity contribution is -0.121. The van der Waals surface area contributed by atoms with E-state index in [0.717, 1.165) is 5.70 Å². The number of benzene rings is 2. The number of carbonyl (C=O) groups is 1. The molecule has 0 aromatic heterocycles. The second-order valence-corrected chi connectivity index (χ2v) is 9.20. The minimum Gasteiger partial charge on any atom is -0.347 e. The first-order chi connectivity index (χ1) is 13.4. The molecule has 2 aliphatic rings. The van der Waals surface area contributed by atoms with Crippen molar-refractivity contribution >= 4 is 50.7 Å². The van der Waals surface area contributed by atoms with E-state index in [1.807, 2.05) is 6.08 Å². The van der Waals surface area contributed by atoms with Gasteiger partial charge in [0.05, 0.1) is 4.91 Å². The van der Waals surface area contributed by atoms with Crippen LogP contribution in [-0.2, 0) is 10.2 Å². The molecule has 0 unspecified atom stereocenters. The topological polar surface area (TPSA) is 23.6 Å². The molecule has 0 atom stereocenters. The maximum absolute atomic E-state index is 12.6. The first kappa shape index (κ1) is 19.0. The smallest absolute Gasteiger partial charge is 0.266 e. The summed E-state index contributed by atoms with van der Waals surface area (Å²) in [6, 6.07) is 12.9. The van der Waals surface area contributed by atoms with E-state index in [9.17, 15) is 4.79 Å². The first-order valence-electron chi connectivity index (χ1n) is 9.19. The Hall–Kier alpha value is -2.37. The van der Waals surface area contributed by atoms with Crippen LogP contribution < -0.4 is 4.90 Å². The van der Waals surface area contributed by atoms with Crippen LogP contribution >= 0.6 is 24.0 Å². The van der Waals surface area contributed by atoms with Gasteiger partial charge in [0, 0.05) is 30.4 Å². The number of amides is 1. The SMILES string of the molecule is C=CCN1C(=O)C(=CC=C2N(C)c3ccc4ccccc4c3C2(C)C)SC1=S. The molecule has 0 aliphatic carbocycles. The normalized spacial score (nSPS) is 21.2. The fourth-order valence-electron chi connectivity index (χ4n) is 4.15. The Morgan fingerprint density at radius 1 is 1.18 bits per heavy atom. The average molecular weight is 407 g/mol. The van der Waals surface area contributed by atoms with E-state index in [-0.39, 0.29) is 11.3 Å². The summed E-state index contributed by atoms with van der Waals surface area (Å²) < 4.78 is 0.586. The highest BCUT2D eigenvalue weighted by atomic mass is 32.2. The van der Waals surface area contributed by atoms with Gasteiger partial charge in [-0.1, -0.05) is 74.2 Å². The molecule has 1 fully saturated rings. The molecule has 28 heavy (non-hydrogen) atoms. The second-order valence-electron chi connectivity index (χ2n) is 7.52. The molecule has 1 saturated heterocycles. The maximum atomic E-state index is 12.6. The van der Waals surface area contributed by atoms with Gasteiger partial charge in [-0.15, -0.1) is 6.58 Å². The molecule has 0 radical (unpaired) electrons. The van der Waals surface area contributed by atoms with E-state index in [1.165, 1.54) is 33.8 Å². The molecule has 3 nitrogen and oxygen atoms in total. The van der Waals surface area contributed by atoms with E-state index in [2.05, 4.69) is 74.8 Å². The third kappa shape index (κ3) is 2.81. The number of anilines is 1. The number of allylic oxidation sites excluding steroid dienone is 3. The zero-order valence-electron chi connectivity index (χ0n) is 16.2. The molecule has 2 aromatic carbocycles. The molecule has 2 aromatic rings. The van der Waals surface area contributed by atoms with Gasteiger partial charge >= 0.3 is 0 Å². The van der Waals surface area contributed by atoms with Crippen LogP contribution in [0.3, 0.4) is 0 Å². The third-order valence-corrected chi connectivity index (χ3v) is 6.87. The van der Waals surface area contributed by atoms with Crippen molar-refractivity contribution in [1.29, 1.82) is 0 Å². The van der Waals surface area contributed by atoms with Crippen molar-refractivity contribution in [2.75, 3.05) is 18.5 Å². The van der Waals surface area contributed by atoms with E-state index in [0.29, 0.717) is 15.8 Å². The van der Waals surface area contributed by atoms with Gasteiger partial charge in [0.25, 0.3) is 5.91 Å². The van der Waals surface area contributed by atoms with Gasteiger partial charge in [-0.05, 0) is 34.6 Å². The Morgan fingerprint density at radius 3 is 2.68 bits per heavy atom.